The molecule has 0 aliphatic rings. The van der Waals surface area contributed by atoms with E-state index in [9.17, 15) is 4.79 Å². The van der Waals surface area contributed by atoms with Crippen molar-refractivity contribution in [3.63, 3.8) is 0 Å². The van der Waals surface area contributed by atoms with E-state index < -0.39 is 0 Å². The number of ether oxygens (including phenoxy) is 1. The molecule has 0 atom stereocenters. The highest BCUT2D eigenvalue weighted by molar-refractivity contribution is 5.77. The van der Waals surface area contributed by atoms with Gasteiger partial charge in [-0.1, -0.05) is 6.07 Å². The second-order valence-corrected chi connectivity index (χ2v) is 5.77. The Hall–Kier alpha value is -2.30. The summed E-state index contributed by atoms with van der Waals surface area (Å²) in [6.07, 6.45) is 3.66. The van der Waals surface area contributed by atoms with E-state index in [2.05, 4.69) is 11.2 Å². The zero-order valence-corrected chi connectivity index (χ0v) is 13.9. The largest absolute Gasteiger partial charge is 0.483 e. The van der Waals surface area contributed by atoms with Crippen LogP contribution in [-0.4, -0.2) is 34.2 Å². The van der Waals surface area contributed by atoms with Gasteiger partial charge in [0.25, 0.3) is 5.91 Å². The molecule has 0 unspecified atom stereocenters. The smallest absolute Gasteiger partial charge is 0.260 e. The average molecular weight is 301 g/mol. The highest BCUT2D eigenvalue weighted by Crippen LogP contribution is 2.23. The number of amides is 1. The van der Waals surface area contributed by atoms with Gasteiger partial charge in [0.15, 0.2) is 6.61 Å². The molecule has 118 valence electrons. The maximum atomic E-state index is 12.2. The molecule has 0 N–H and O–H groups in total. The lowest BCUT2D eigenvalue weighted by Crippen LogP contribution is -2.31. The molecule has 2 aromatic rings. The van der Waals surface area contributed by atoms with Crippen molar-refractivity contribution in [3.8, 4) is 5.75 Å². The number of aryl methyl sites for hydroxylation is 3. The second kappa shape index (κ2) is 6.64. The number of nitrogens with zero attached hydrogens (tertiary/aromatic N) is 3. The number of likely N-dealkylation sites (N-methyl/N-ethyl adjacent to an activating group) is 1. The van der Waals surface area contributed by atoms with Crippen LogP contribution in [0.1, 0.15) is 22.3 Å². The predicted octanol–water partition coefficient (Wildman–Crippen LogP) is 2.38. The molecule has 0 spiro atoms. The van der Waals surface area contributed by atoms with Crippen molar-refractivity contribution in [1.82, 2.24) is 14.7 Å². The van der Waals surface area contributed by atoms with Gasteiger partial charge in [-0.25, -0.2) is 0 Å². The average Bonchev–Trinajstić information content (AvgIpc) is 2.86. The first-order chi connectivity index (χ1) is 10.4. The van der Waals surface area contributed by atoms with Crippen molar-refractivity contribution >= 4 is 5.91 Å². The third-order valence-electron chi connectivity index (χ3n) is 3.72. The summed E-state index contributed by atoms with van der Waals surface area (Å²) in [5.41, 5.74) is 4.38. The molecule has 1 aromatic carbocycles. The van der Waals surface area contributed by atoms with Gasteiger partial charge in [-0.3, -0.25) is 9.48 Å². The number of hydrogen-bond acceptors (Lipinski definition) is 3. The summed E-state index contributed by atoms with van der Waals surface area (Å²) in [7, 11) is 3.63. The molecule has 0 aliphatic carbocycles. The maximum Gasteiger partial charge on any atom is 0.260 e. The Balaban J connectivity index is 1.95. The third-order valence-corrected chi connectivity index (χ3v) is 3.72. The van der Waals surface area contributed by atoms with Gasteiger partial charge in [-0.05, 0) is 43.5 Å². The molecule has 0 saturated heterocycles. The molecule has 0 aliphatic heterocycles. The van der Waals surface area contributed by atoms with Gasteiger partial charge in [-0.2, -0.15) is 5.10 Å². The first-order valence-electron chi connectivity index (χ1n) is 7.29. The fraction of sp³-hybridized carbons (Fsp3) is 0.412. The van der Waals surface area contributed by atoms with Crippen LogP contribution >= 0.6 is 0 Å². The molecule has 0 bridgehead atoms. The number of hydrogen-bond donors (Lipinski definition) is 0. The number of benzene rings is 1. The lowest BCUT2D eigenvalue weighted by molar-refractivity contribution is -0.132. The molecule has 0 saturated carbocycles. The Morgan fingerprint density at radius 2 is 2.05 bits per heavy atom. The zero-order chi connectivity index (χ0) is 16.3. The molecule has 5 heteroatoms. The van der Waals surface area contributed by atoms with Crippen molar-refractivity contribution in [2.75, 3.05) is 13.7 Å². The van der Waals surface area contributed by atoms with E-state index in [4.69, 9.17) is 4.74 Å². The monoisotopic (exact) mass is 301 g/mol. The standard InChI is InChI=1S/C17H23N3O2/c1-12-6-13(2)14(3)16(7-12)22-11-17(21)19(4)9-15-8-18-20(5)10-15/h6-8,10H,9,11H2,1-5H3. The van der Waals surface area contributed by atoms with Gasteiger partial charge >= 0.3 is 0 Å². The zero-order valence-electron chi connectivity index (χ0n) is 13.9. The van der Waals surface area contributed by atoms with Crippen LogP contribution in [0.3, 0.4) is 0 Å². The molecule has 22 heavy (non-hydrogen) atoms. The summed E-state index contributed by atoms with van der Waals surface area (Å²) < 4.78 is 7.44. The van der Waals surface area contributed by atoms with Crippen LogP contribution in [0.15, 0.2) is 24.5 Å². The lowest BCUT2D eigenvalue weighted by Gasteiger charge is -2.18. The Labute approximate surface area is 131 Å². The predicted molar refractivity (Wildman–Crippen MR) is 85.8 cm³/mol. The molecule has 1 aromatic heterocycles. The van der Waals surface area contributed by atoms with Crippen LogP contribution in [0, 0.1) is 20.8 Å². The molecule has 5 nitrogen and oxygen atoms in total. The molecule has 2 rings (SSSR count). The number of carbonyl (C=O) groups excluding carboxylic acids is 1. The van der Waals surface area contributed by atoms with E-state index in [0.717, 1.165) is 22.4 Å². The Morgan fingerprint density at radius 3 is 2.68 bits per heavy atom. The van der Waals surface area contributed by atoms with E-state index in [1.54, 1.807) is 22.8 Å². The van der Waals surface area contributed by atoms with Crippen molar-refractivity contribution < 1.29 is 9.53 Å². The van der Waals surface area contributed by atoms with Crippen LogP contribution in [0.5, 0.6) is 5.75 Å². The number of rotatable bonds is 5. The highest BCUT2D eigenvalue weighted by Gasteiger charge is 2.12. The maximum absolute atomic E-state index is 12.2. The van der Waals surface area contributed by atoms with E-state index in [0.29, 0.717) is 6.54 Å². The number of carbonyl (C=O) groups is 1. The molecule has 1 amide bonds. The summed E-state index contributed by atoms with van der Waals surface area (Å²) in [6, 6.07) is 4.08. The minimum absolute atomic E-state index is 0.0422. The first-order valence-corrected chi connectivity index (χ1v) is 7.29. The van der Waals surface area contributed by atoms with E-state index in [1.807, 2.05) is 40.1 Å². The van der Waals surface area contributed by atoms with Crippen LogP contribution in [0.2, 0.25) is 0 Å². The van der Waals surface area contributed by atoms with Crippen LogP contribution in [-0.2, 0) is 18.4 Å². The van der Waals surface area contributed by atoms with E-state index >= 15 is 0 Å². The van der Waals surface area contributed by atoms with Crippen LogP contribution < -0.4 is 4.74 Å². The lowest BCUT2D eigenvalue weighted by atomic mass is 10.1. The first kappa shape index (κ1) is 16.1. The van der Waals surface area contributed by atoms with Crippen molar-refractivity contribution in [1.29, 1.82) is 0 Å². The highest BCUT2D eigenvalue weighted by atomic mass is 16.5. The summed E-state index contributed by atoms with van der Waals surface area (Å²) in [5, 5.41) is 4.10. The molecule has 1 heterocycles. The van der Waals surface area contributed by atoms with Crippen LogP contribution in [0.25, 0.3) is 0 Å². The fourth-order valence-electron chi connectivity index (χ4n) is 2.32. The summed E-state index contributed by atoms with van der Waals surface area (Å²) in [4.78, 5) is 13.8. The Kier molecular flexibility index (Phi) is 4.85. The summed E-state index contributed by atoms with van der Waals surface area (Å²) >= 11 is 0. The quantitative estimate of drug-likeness (QED) is 0.852. The van der Waals surface area contributed by atoms with E-state index in [1.165, 1.54) is 5.56 Å². The normalized spacial score (nSPS) is 10.6. The Morgan fingerprint density at radius 1 is 1.32 bits per heavy atom. The summed E-state index contributed by atoms with van der Waals surface area (Å²) in [5.74, 6) is 0.725. The van der Waals surface area contributed by atoms with Crippen molar-refractivity contribution in [3.05, 3.63) is 46.8 Å². The van der Waals surface area contributed by atoms with Gasteiger partial charge in [0, 0.05) is 32.4 Å². The number of aromatic nitrogens is 2. The van der Waals surface area contributed by atoms with Gasteiger partial charge in [0.2, 0.25) is 0 Å². The van der Waals surface area contributed by atoms with Crippen molar-refractivity contribution in [2.45, 2.75) is 27.3 Å². The molecular formula is C17H23N3O2. The molecular weight excluding hydrogens is 278 g/mol. The SMILES string of the molecule is Cc1cc(C)c(C)c(OCC(=O)N(C)Cc2cnn(C)c2)c1. The minimum Gasteiger partial charge on any atom is -0.483 e. The van der Waals surface area contributed by atoms with Gasteiger partial charge in [-0.15, -0.1) is 0 Å². The van der Waals surface area contributed by atoms with E-state index in [-0.39, 0.29) is 12.5 Å². The topological polar surface area (TPSA) is 47.4 Å². The second-order valence-electron chi connectivity index (χ2n) is 5.77. The van der Waals surface area contributed by atoms with Gasteiger partial charge in [0.1, 0.15) is 5.75 Å². The fourth-order valence-corrected chi connectivity index (χ4v) is 2.32. The van der Waals surface area contributed by atoms with Gasteiger partial charge in [0.05, 0.1) is 6.20 Å². The molecule has 0 fully saturated rings. The van der Waals surface area contributed by atoms with Crippen molar-refractivity contribution in [2.24, 2.45) is 7.05 Å². The third kappa shape index (κ3) is 3.87. The summed E-state index contributed by atoms with van der Waals surface area (Å²) in [6.45, 7) is 6.65. The minimum atomic E-state index is -0.0533. The van der Waals surface area contributed by atoms with Crippen LogP contribution in [0.4, 0.5) is 0 Å². The molecule has 0 radical (unpaired) electrons. The van der Waals surface area contributed by atoms with Gasteiger partial charge < -0.3 is 9.64 Å². The Bertz CT molecular complexity index is 677.